The van der Waals surface area contributed by atoms with Gasteiger partial charge in [0.2, 0.25) is 5.91 Å². The lowest BCUT2D eigenvalue weighted by Gasteiger charge is -2.36. The minimum Gasteiger partial charge on any atom is -0.481 e. The van der Waals surface area contributed by atoms with Crippen molar-refractivity contribution in [2.24, 2.45) is 0 Å². The van der Waals surface area contributed by atoms with Crippen molar-refractivity contribution in [2.75, 3.05) is 11.1 Å². The number of aliphatic hydroxyl groups is 1. The number of rotatable bonds is 11. The number of anilines is 1. The summed E-state index contributed by atoms with van der Waals surface area (Å²) in [6, 6.07) is 21.3. The van der Waals surface area contributed by atoms with Gasteiger partial charge in [0.15, 0.2) is 6.29 Å². The Hall–Kier alpha value is -3.70. The third-order valence-electron chi connectivity index (χ3n) is 6.19. The molecule has 0 radical (unpaired) electrons. The number of benzene rings is 3. The Bertz CT molecular complexity index is 1300. The van der Waals surface area contributed by atoms with E-state index in [-0.39, 0.29) is 43.1 Å². The SMILES string of the molecule is O=C(O)CCC(=O)Nc1ccc(C2OC(CSc3ccccc3C(=O)O)CC(c3ccc(CO)cc3)O2)cc1. The smallest absolute Gasteiger partial charge is 0.336 e. The number of carbonyl (C=O) groups is 3. The molecule has 0 bridgehead atoms. The maximum atomic E-state index is 12.0. The van der Waals surface area contributed by atoms with E-state index in [2.05, 4.69) is 5.32 Å². The number of hydrogen-bond acceptors (Lipinski definition) is 7. The maximum absolute atomic E-state index is 12.0. The second kappa shape index (κ2) is 13.4. The highest BCUT2D eigenvalue weighted by Gasteiger charge is 2.32. The minimum absolute atomic E-state index is 0.0566. The molecule has 1 amide bonds. The fraction of sp³-hybridized carbons (Fsp3) is 0.276. The summed E-state index contributed by atoms with van der Waals surface area (Å²) in [7, 11) is 0. The molecule has 3 aromatic rings. The van der Waals surface area contributed by atoms with Crippen molar-refractivity contribution in [1.29, 1.82) is 0 Å². The Morgan fingerprint density at radius 2 is 1.56 bits per heavy atom. The van der Waals surface area contributed by atoms with Crippen LogP contribution in [-0.4, -0.2) is 45.0 Å². The Balaban J connectivity index is 1.49. The van der Waals surface area contributed by atoms with Crippen molar-refractivity contribution < 1.29 is 39.2 Å². The van der Waals surface area contributed by atoms with Gasteiger partial charge in [-0.2, -0.15) is 0 Å². The molecule has 0 aliphatic carbocycles. The van der Waals surface area contributed by atoms with Gasteiger partial charge in [-0.3, -0.25) is 9.59 Å². The molecule has 1 fully saturated rings. The Labute approximate surface area is 229 Å². The number of aliphatic hydroxyl groups excluding tert-OH is 1. The Morgan fingerprint density at radius 3 is 2.23 bits per heavy atom. The second-order valence-corrected chi connectivity index (χ2v) is 10.1. The van der Waals surface area contributed by atoms with E-state index in [1.165, 1.54) is 11.8 Å². The van der Waals surface area contributed by atoms with Crippen molar-refractivity contribution in [3.63, 3.8) is 0 Å². The zero-order valence-corrected chi connectivity index (χ0v) is 21.8. The Kier molecular flexibility index (Phi) is 9.72. The number of aromatic carboxylic acids is 1. The van der Waals surface area contributed by atoms with Crippen LogP contribution in [0.2, 0.25) is 0 Å². The molecule has 4 rings (SSSR count). The molecule has 10 heteroatoms. The molecule has 1 heterocycles. The summed E-state index contributed by atoms with van der Waals surface area (Å²) in [5.41, 5.74) is 3.22. The average Bonchev–Trinajstić information content (AvgIpc) is 2.95. The quantitative estimate of drug-likeness (QED) is 0.242. The standard InChI is InChI=1S/C29H29NO8S/c31-16-18-5-7-19(8-6-18)24-15-22(17-39-25-4-2-1-3-23(25)28(35)36)37-29(38-24)20-9-11-21(12-10-20)30-26(32)13-14-27(33)34/h1-12,22,24,29,31H,13-17H2,(H,30,32)(H,33,34)(H,35,36). The predicted molar refractivity (Wildman–Crippen MR) is 144 cm³/mol. The summed E-state index contributed by atoms with van der Waals surface area (Å²) in [6.45, 7) is -0.0566. The zero-order chi connectivity index (χ0) is 27.8. The topological polar surface area (TPSA) is 142 Å². The van der Waals surface area contributed by atoms with Crippen LogP contribution in [-0.2, 0) is 25.7 Å². The molecule has 1 aliphatic heterocycles. The molecule has 9 nitrogen and oxygen atoms in total. The molecule has 3 unspecified atom stereocenters. The first kappa shape index (κ1) is 28.3. The second-order valence-electron chi connectivity index (χ2n) is 9.03. The number of nitrogens with one attached hydrogen (secondary N) is 1. The number of thioether (sulfide) groups is 1. The van der Waals surface area contributed by atoms with Gasteiger partial charge in [0.1, 0.15) is 0 Å². The Morgan fingerprint density at radius 1 is 0.872 bits per heavy atom. The molecule has 0 saturated carbocycles. The number of amides is 1. The monoisotopic (exact) mass is 551 g/mol. The minimum atomic E-state index is -1.04. The summed E-state index contributed by atoms with van der Waals surface area (Å²) < 4.78 is 12.6. The molecule has 1 saturated heterocycles. The summed E-state index contributed by atoms with van der Waals surface area (Å²) >= 11 is 1.41. The highest BCUT2D eigenvalue weighted by atomic mass is 32.2. The third-order valence-corrected chi connectivity index (χ3v) is 7.40. The number of carboxylic acids is 2. The first-order valence-corrected chi connectivity index (χ1v) is 13.4. The number of carboxylic acid groups (broad SMARTS) is 2. The highest BCUT2D eigenvalue weighted by molar-refractivity contribution is 7.99. The van der Waals surface area contributed by atoms with Gasteiger partial charge in [-0.25, -0.2) is 4.79 Å². The first-order chi connectivity index (χ1) is 18.8. The van der Waals surface area contributed by atoms with E-state index >= 15 is 0 Å². The summed E-state index contributed by atoms with van der Waals surface area (Å²) in [4.78, 5) is 34.9. The summed E-state index contributed by atoms with van der Waals surface area (Å²) in [5.74, 6) is -1.90. The van der Waals surface area contributed by atoms with E-state index in [0.29, 0.717) is 22.8 Å². The lowest BCUT2D eigenvalue weighted by atomic mass is 10.0. The normalized spacial score (nSPS) is 18.8. The van der Waals surface area contributed by atoms with Crippen LogP contribution in [0, 0.1) is 0 Å². The lowest BCUT2D eigenvalue weighted by Crippen LogP contribution is -2.31. The van der Waals surface area contributed by atoms with Gasteiger partial charge in [0.25, 0.3) is 0 Å². The molecule has 4 N–H and O–H groups in total. The number of ether oxygens (including phenoxy) is 2. The first-order valence-electron chi connectivity index (χ1n) is 12.4. The van der Waals surface area contributed by atoms with Crippen LogP contribution in [0.5, 0.6) is 0 Å². The van der Waals surface area contributed by atoms with Gasteiger partial charge < -0.3 is 30.1 Å². The van der Waals surface area contributed by atoms with Crippen LogP contribution in [0.1, 0.15) is 58.7 Å². The third kappa shape index (κ3) is 7.90. The molecule has 0 aromatic heterocycles. The average molecular weight is 552 g/mol. The van der Waals surface area contributed by atoms with E-state index in [4.69, 9.17) is 14.6 Å². The molecule has 3 atom stereocenters. The fourth-order valence-corrected chi connectivity index (χ4v) is 5.21. The summed E-state index contributed by atoms with van der Waals surface area (Å²) in [5, 5.41) is 30.4. The van der Waals surface area contributed by atoms with Crippen LogP contribution in [0.15, 0.2) is 77.7 Å². The van der Waals surface area contributed by atoms with Crippen LogP contribution in [0.3, 0.4) is 0 Å². The predicted octanol–water partition coefficient (Wildman–Crippen LogP) is 5.02. The molecule has 1 aliphatic rings. The van der Waals surface area contributed by atoms with E-state index in [1.54, 1.807) is 48.5 Å². The van der Waals surface area contributed by atoms with Crippen LogP contribution in [0.4, 0.5) is 5.69 Å². The van der Waals surface area contributed by atoms with Crippen molar-refractivity contribution in [2.45, 2.75) is 49.3 Å². The number of carbonyl (C=O) groups excluding carboxylic acids is 1. The van der Waals surface area contributed by atoms with Gasteiger partial charge >= 0.3 is 11.9 Å². The highest BCUT2D eigenvalue weighted by Crippen LogP contribution is 2.40. The lowest BCUT2D eigenvalue weighted by molar-refractivity contribution is -0.245. The molecule has 0 spiro atoms. The van der Waals surface area contributed by atoms with Crippen LogP contribution in [0.25, 0.3) is 0 Å². The van der Waals surface area contributed by atoms with E-state index < -0.39 is 18.2 Å². The molecule has 3 aromatic carbocycles. The summed E-state index contributed by atoms with van der Waals surface area (Å²) in [6.07, 6.45) is -1.08. The fourth-order valence-electron chi connectivity index (χ4n) is 4.14. The van der Waals surface area contributed by atoms with Crippen molar-refractivity contribution in [3.8, 4) is 0 Å². The zero-order valence-electron chi connectivity index (χ0n) is 21.0. The van der Waals surface area contributed by atoms with E-state index in [1.807, 2.05) is 24.3 Å². The number of aliphatic carboxylic acids is 1. The molecular weight excluding hydrogens is 522 g/mol. The largest absolute Gasteiger partial charge is 0.481 e. The van der Waals surface area contributed by atoms with Crippen LogP contribution >= 0.6 is 11.8 Å². The van der Waals surface area contributed by atoms with E-state index in [0.717, 1.165) is 16.7 Å². The molecular formula is C29H29NO8S. The van der Waals surface area contributed by atoms with Gasteiger partial charge in [-0.05, 0) is 35.4 Å². The van der Waals surface area contributed by atoms with Crippen molar-refractivity contribution in [3.05, 3.63) is 95.1 Å². The van der Waals surface area contributed by atoms with Gasteiger partial charge in [-0.15, -0.1) is 11.8 Å². The molecule has 204 valence electrons. The van der Waals surface area contributed by atoms with E-state index in [9.17, 15) is 24.6 Å². The number of hydrogen-bond donors (Lipinski definition) is 4. The molecule has 39 heavy (non-hydrogen) atoms. The maximum Gasteiger partial charge on any atom is 0.336 e. The van der Waals surface area contributed by atoms with Gasteiger partial charge in [0, 0.05) is 34.7 Å². The van der Waals surface area contributed by atoms with Crippen molar-refractivity contribution >= 4 is 35.3 Å². The van der Waals surface area contributed by atoms with Gasteiger partial charge in [-0.1, -0.05) is 48.5 Å². The van der Waals surface area contributed by atoms with Gasteiger partial charge in [0.05, 0.1) is 30.8 Å². The van der Waals surface area contributed by atoms with Crippen molar-refractivity contribution in [1.82, 2.24) is 0 Å². The van der Waals surface area contributed by atoms with Crippen LogP contribution < -0.4 is 5.32 Å².